The van der Waals surface area contributed by atoms with E-state index in [4.69, 9.17) is 9.47 Å². The quantitative estimate of drug-likeness (QED) is 0.886. The van der Waals surface area contributed by atoms with E-state index in [9.17, 15) is 4.79 Å². The van der Waals surface area contributed by atoms with Crippen LogP contribution in [0, 0.1) is 11.3 Å². The van der Waals surface area contributed by atoms with E-state index in [0.29, 0.717) is 18.1 Å². The summed E-state index contributed by atoms with van der Waals surface area (Å²) in [5.74, 6) is 0.670. The van der Waals surface area contributed by atoms with Gasteiger partial charge in [-0.25, -0.2) is 0 Å². The van der Waals surface area contributed by atoms with Gasteiger partial charge in [0, 0.05) is 36.5 Å². The standard InChI is InChI=1S/C16H23N3O3/c1-16(2)13(10-4-6-22-14(10)16)18-15(20)11-7-17-19-12(11)9-3-5-21-8-9/h7,9-10,13-14H,3-6,8H2,1-2H3,(H,17,19)(H,18,20)/t9-,10+,13-,14+/m1/s1. The molecule has 0 spiro atoms. The summed E-state index contributed by atoms with van der Waals surface area (Å²) in [7, 11) is 0. The molecule has 3 aliphatic rings. The SMILES string of the molecule is CC1(C)[C@H](NC(=O)c2cn[nH]c2[C@@H]2CCOC2)[C@@H]2CCO[C@@H]21. The molecule has 4 rings (SSSR count). The summed E-state index contributed by atoms with van der Waals surface area (Å²) in [6.45, 7) is 6.57. The van der Waals surface area contributed by atoms with E-state index in [1.165, 1.54) is 0 Å². The zero-order chi connectivity index (χ0) is 15.3. The third kappa shape index (κ3) is 2.01. The van der Waals surface area contributed by atoms with Crippen molar-refractivity contribution in [2.24, 2.45) is 11.3 Å². The highest BCUT2D eigenvalue weighted by atomic mass is 16.5. The van der Waals surface area contributed by atoms with Gasteiger partial charge in [-0.3, -0.25) is 9.89 Å². The first-order chi connectivity index (χ1) is 10.6. The van der Waals surface area contributed by atoms with Crippen LogP contribution in [0.15, 0.2) is 6.20 Å². The Bertz CT molecular complexity index is 577. The minimum atomic E-state index is -0.0286. The maximum Gasteiger partial charge on any atom is 0.255 e. The first-order valence-electron chi connectivity index (χ1n) is 8.12. The Hall–Kier alpha value is -1.40. The molecule has 1 aromatic heterocycles. The van der Waals surface area contributed by atoms with Crippen LogP contribution in [-0.4, -0.2) is 48.1 Å². The molecule has 3 fully saturated rings. The molecule has 0 aromatic carbocycles. The molecule has 2 saturated heterocycles. The second-order valence-electron chi connectivity index (χ2n) is 7.27. The highest BCUT2D eigenvalue weighted by molar-refractivity contribution is 5.95. The summed E-state index contributed by atoms with van der Waals surface area (Å²) >= 11 is 0. The molecule has 2 N–H and O–H groups in total. The molecule has 6 nitrogen and oxygen atoms in total. The van der Waals surface area contributed by atoms with Gasteiger partial charge in [0.1, 0.15) is 0 Å². The Labute approximate surface area is 129 Å². The molecule has 1 aromatic rings. The van der Waals surface area contributed by atoms with Crippen molar-refractivity contribution in [2.45, 2.75) is 44.8 Å². The molecule has 22 heavy (non-hydrogen) atoms. The third-order valence-electron chi connectivity index (χ3n) is 5.64. The lowest BCUT2D eigenvalue weighted by Crippen LogP contribution is -2.66. The highest BCUT2D eigenvalue weighted by Gasteiger charge is 2.59. The number of rotatable bonds is 3. The predicted molar refractivity (Wildman–Crippen MR) is 79.6 cm³/mol. The van der Waals surface area contributed by atoms with E-state index in [1.807, 2.05) is 0 Å². The fourth-order valence-corrected chi connectivity index (χ4v) is 4.39. The topological polar surface area (TPSA) is 76.2 Å². The van der Waals surface area contributed by atoms with Crippen LogP contribution in [0.2, 0.25) is 0 Å². The van der Waals surface area contributed by atoms with Crippen molar-refractivity contribution in [3.05, 3.63) is 17.5 Å². The van der Waals surface area contributed by atoms with Gasteiger partial charge in [-0.05, 0) is 12.8 Å². The Morgan fingerprint density at radius 2 is 2.27 bits per heavy atom. The second kappa shape index (κ2) is 5.06. The average Bonchev–Trinajstić information content (AvgIpc) is 3.22. The van der Waals surface area contributed by atoms with Crippen molar-refractivity contribution >= 4 is 5.91 Å². The number of fused-ring (bicyclic) bond motifs is 1. The molecule has 0 unspecified atom stereocenters. The summed E-state index contributed by atoms with van der Waals surface area (Å²) in [4.78, 5) is 12.7. The first-order valence-corrected chi connectivity index (χ1v) is 8.12. The summed E-state index contributed by atoms with van der Waals surface area (Å²) in [5.41, 5.74) is 1.57. The van der Waals surface area contributed by atoms with Crippen LogP contribution < -0.4 is 5.32 Å². The number of ether oxygens (including phenoxy) is 2. The van der Waals surface area contributed by atoms with Gasteiger partial charge in [-0.2, -0.15) is 5.10 Å². The van der Waals surface area contributed by atoms with Gasteiger partial charge in [0.05, 0.1) is 30.2 Å². The minimum Gasteiger partial charge on any atom is -0.381 e. The van der Waals surface area contributed by atoms with Crippen LogP contribution in [0.1, 0.15) is 48.7 Å². The Morgan fingerprint density at radius 1 is 1.41 bits per heavy atom. The van der Waals surface area contributed by atoms with Gasteiger partial charge < -0.3 is 14.8 Å². The molecule has 1 aliphatic carbocycles. The lowest BCUT2D eigenvalue weighted by molar-refractivity contribution is -0.108. The zero-order valence-electron chi connectivity index (χ0n) is 13.1. The zero-order valence-corrected chi connectivity index (χ0v) is 13.1. The van der Waals surface area contributed by atoms with Crippen molar-refractivity contribution in [1.29, 1.82) is 0 Å². The number of nitrogens with zero attached hydrogens (tertiary/aromatic N) is 1. The maximum atomic E-state index is 12.7. The van der Waals surface area contributed by atoms with Gasteiger partial charge in [0.2, 0.25) is 0 Å². The summed E-state index contributed by atoms with van der Waals surface area (Å²) in [6, 6.07) is 0.176. The van der Waals surface area contributed by atoms with Gasteiger partial charge in [0.25, 0.3) is 5.91 Å². The fraction of sp³-hybridized carbons (Fsp3) is 0.750. The monoisotopic (exact) mass is 305 g/mol. The molecule has 1 amide bonds. The predicted octanol–water partition coefficient (Wildman–Crippen LogP) is 1.46. The number of carbonyl (C=O) groups is 1. The first kappa shape index (κ1) is 14.2. The number of hydrogen-bond acceptors (Lipinski definition) is 4. The Kier molecular flexibility index (Phi) is 3.27. The molecule has 2 aliphatic heterocycles. The van der Waals surface area contributed by atoms with Crippen molar-refractivity contribution < 1.29 is 14.3 Å². The Morgan fingerprint density at radius 3 is 3.05 bits per heavy atom. The van der Waals surface area contributed by atoms with Crippen molar-refractivity contribution in [1.82, 2.24) is 15.5 Å². The number of nitrogens with one attached hydrogen (secondary N) is 2. The maximum absolute atomic E-state index is 12.7. The van der Waals surface area contributed by atoms with Gasteiger partial charge in [-0.15, -0.1) is 0 Å². The fourth-order valence-electron chi connectivity index (χ4n) is 4.39. The smallest absolute Gasteiger partial charge is 0.255 e. The van der Waals surface area contributed by atoms with E-state index >= 15 is 0 Å². The van der Waals surface area contributed by atoms with E-state index in [2.05, 4.69) is 29.4 Å². The van der Waals surface area contributed by atoms with Crippen LogP contribution in [0.3, 0.4) is 0 Å². The van der Waals surface area contributed by atoms with E-state index in [-0.39, 0.29) is 29.4 Å². The molecular weight excluding hydrogens is 282 g/mol. The summed E-state index contributed by atoms with van der Waals surface area (Å²) in [5, 5.41) is 10.3. The molecular formula is C16H23N3O3. The number of aromatic amines is 1. The van der Waals surface area contributed by atoms with E-state index < -0.39 is 0 Å². The van der Waals surface area contributed by atoms with Gasteiger partial charge in [-0.1, -0.05) is 13.8 Å². The molecule has 3 heterocycles. The second-order valence-corrected chi connectivity index (χ2v) is 7.27. The molecule has 0 radical (unpaired) electrons. The number of hydrogen-bond donors (Lipinski definition) is 2. The summed E-state index contributed by atoms with van der Waals surface area (Å²) in [6.07, 6.45) is 3.89. The van der Waals surface area contributed by atoms with Crippen molar-refractivity contribution in [3.63, 3.8) is 0 Å². The van der Waals surface area contributed by atoms with Gasteiger partial charge in [0.15, 0.2) is 0 Å². The lowest BCUT2D eigenvalue weighted by atomic mass is 9.57. The number of carbonyl (C=O) groups excluding carboxylic acids is 1. The lowest BCUT2D eigenvalue weighted by Gasteiger charge is -2.54. The number of aromatic nitrogens is 2. The van der Waals surface area contributed by atoms with Crippen LogP contribution >= 0.6 is 0 Å². The third-order valence-corrected chi connectivity index (χ3v) is 5.64. The Balaban J connectivity index is 1.50. The minimum absolute atomic E-state index is 0.00278. The molecule has 1 saturated carbocycles. The molecule has 0 bridgehead atoms. The highest BCUT2D eigenvalue weighted by Crippen LogP contribution is 2.52. The van der Waals surface area contributed by atoms with Crippen molar-refractivity contribution in [2.75, 3.05) is 19.8 Å². The normalized spacial score (nSPS) is 35.9. The molecule has 6 heteroatoms. The van der Waals surface area contributed by atoms with Crippen LogP contribution in [-0.2, 0) is 9.47 Å². The van der Waals surface area contributed by atoms with Crippen LogP contribution in [0.5, 0.6) is 0 Å². The van der Waals surface area contributed by atoms with Crippen LogP contribution in [0.4, 0.5) is 0 Å². The van der Waals surface area contributed by atoms with E-state index in [0.717, 1.165) is 31.7 Å². The molecule has 4 atom stereocenters. The number of H-pyrrole nitrogens is 1. The van der Waals surface area contributed by atoms with Crippen LogP contribution in [0.25, 0.3) is 0 Å². The average molecular weight is 305 g/mol. The van der Waals surface area contributed by atoms with Crippen molar-refractivity contribution in [3.8, 4) is 0 Å². The van der Waals surface area contributed by atoms with Gasteiger partial charge >= 0.3 is 0 Å². The summed E-state index contributed by atoms with van der Waals surface area (Å²) < 4.78 is 11.2. The molecule has 120 valence electrons. The largest absolute Gasteiger partial charge is 0.381 e. The van der Waals surface area contributed by atoms with E-state index in [1.54, 1.807) is 6.20 Å². The number of amides is 1.